The Bertz CT molecular complexity index is 299. The molecular weight excluding hydrogens is 178 g/mol. The lowest BCUT2D eigenvalue weighted by atomic mass is 10.2. The molecule has 1 aromatic carbocycles. The highest BCUT2D eigenvalue weighted by molar-refractivity contribution is 5.47. The molecule has 0 saturated heterocycles. The molecule has 0 heterocycles. The Morgan fingerprint density at radius 2 is 2.29 bits per heavy atom. The van der Waals surface area contributed by atoms with Crippen LogP contribution in [0.15, 0.2) is 24.3 Å². The Hall–Kier alpha value is -1.51. The molecule has 3 nitrogen and oxygen atoms in total. The van der Waals surface area contributed by atoms with E-state index in [0.717, 1.165) is 5.69 Å². The number of carbonyl (C=O) groups excluding carboxylic acids is 1. The fourth-order valence-corrected chi connectivity index (χ4v) is 1.23. The normalized spacial score (nSPS) is 9.57. The quantitative estimate of drug-likeness (QED) is 0.525. The van der Waals surface area contributed by atoms with Crippen molar-refractivity contribution in [2.45, 2.75) is 6.92 Å². The Kier molecular flexibility index (Phi) is 3.98. The average Bonchev–Trinajstić information content (AvgIpc) is 2.18. The smallest absolute Gasteiger partial charge is 0.293 e. The van der Waals surface area contributed by atoms with Crippen LogP contribution in [-0.2, 0) is 9.53 Å². The van der Waals surface area contributed by atoms with Crippen LogP contribution in [0.5, 0.6) is 0 Å². The van der Waals surface area contributed by atoms with E-state index in [4.69, 9.17) is 0 Å². The van der Waals surface area contributed by atoms with Gasteiger partial charge in [0.15, 0.2) is 0 Å². The molecule has 3 heteroatoms. The van der Waals surface area contributed by atoms with Crippen molar-refractivity contribution in [3.63, 3.8) is 0 Å². The summed E-state index contributed by atoms with van der Waals surface area (Å²) < 4.78 is 4.63. The number of likely N-dealkylation sites (N-methyl/N-ethyl adjacent to an activating group) is 1. The van der Waals surface area contributed by atoms with E-state index < -0.39 is 0 Å². The highest BCUT2D eigenvalue weighted by atomic mass is 16.5. The van der Waals surface area contributed by atoms with Gasteiger partial charge < -0.3 is 9.64 Å². The first kappa shape index (κ1) is 10.6. The van der Waals surface area contributed by atoms with Crippen LogP contribution >= 0.6 is 0 Å². The van der Waals surface area contributed by atoms with Crippen LogP contribution in [0.4, 0.5) is 5.69 Å². The van der Waals surface area contributed by atoms with Crippen LogP contribution in [-0.4, -0.2) is 26.7 Å². The summed E-state index contributed by atoms with van der Waals surface area (Å²) in [5, 5.41) is 0. The molecule has 0 saturated carbocycles. The zero-order chi connectivity index (χ0) is 10.4. The molecule has 0 radical (unpaired) electrons. The van der Waals surface area contributed by atoms with E-state index >= 15 is 0 Å². The lowest BCUT2D eigenvalue weighted by Crippen LogP contribution is -2.22. The molecule has 0 aromatic heterocycles. The number of hydrogen-bond donors (Lipinski definition) is 0. The summed E-state index contributed by atoms with van der Waals surface area (Å²) in [5.41, 5.74) is 2.37. The van der Waals surface area contributed by atoms with E-state index in [0.29, 0.717) is 19.6 Å². The van der Waals surface area contributed by atoms with E-state index in [1.165, 1.54) is 5.56 Å². The van der Waals surface area contributed by atoms with Crippen molar-refractivity contribution < 1.29 is 9.53 Å². The maximum atomic E-state index is 9.94. The minimum absolute atomic E-state index is 0.425. The van der Waals surface area contributed by atoms with Gasteiger partial charge in [-0.25, -0.2) is 0 Å². The number of hydrogen-bond acceptors (Lipinski definition) is 3. The first-order valence-corrected chi connectivity index (χ1v) is 4.57. The fourth-order valence-electron chi connectivity index (χ4n) is 1.23. The number of nitrogens with zero attached hydrogens (tertiary/aromatic N) is 1. The maximum absolute atomic E-state index is 9.94. The number of anilines is 1. The predicted molar refractivity (Wildman–Crippen MR) is 56.5 cm³/mol. The molecule has 0 fully saturated rings. The molecule has 0 aliphatic heterocycles. The van der Waals surface area contributed by atoms with Crippen molar-refractivity contribution >= 4 is 12.2 Å². The molecule has 0 N–H and O–H groups in total. The Balaban J connectivity index is 2.51. The van der Waals surface area contributed by atoms with Gasteiger partial charge in [0.1, 0.15) is 6.61 Å². The van der Waals surface area contributed by atoms with Gasteiger partial charge in [-0.2, -0.15) is 0 Å². The molecule has 76 valence electrons. The number of aryl methyl sites for hydroxylation is 1. The molecule has 14 heavy (non-hydrogen) atoms. The highest BCUT2D eigenvalue weighted by Crippen LogP contribution is 2.13. The molecule has 0 bridgehead atoms. The Morgan fingerprint density at radius 1 is 1.50 bits per heavy atom. The Morgan fingerprint density at radius 3 is 2.93 bits per heavy atom. The van der Waals surface area contributed by atoms with Gasteiger partial charge >= 0.3 is 0 Å². The number of carbonyl (C=O) groups is 1. The molecule has 0 unspecified atom stereocenters. The zero-order valence-corrected chi connectivity index (χ0v) is 8.56. The molecule has 0 spiro atoms. The van der Waals surface area contributed by atoms with Crippen LogP contribution in [0.2, 0.25) is 0 Å². The SMILES string of the molecule is Cc1cccc(N(C)CCOC=O)c1. The molecule has 0 aliphatic rings. The van der Waals surface area contributed by atoms with E-state index in [1.54, 1.807) is 0 Å². The summed E-state index contributed by atoms with van der Waals surface area (Å²) >= 11 is 0. The summed E-state index contributed by atoms with van der Waals surface area (Å²) in [6.07, 6.45) is 0. The van der Waals surface area contributed by atoms with Gasteiger partial charge in [0.05, 0.1) is 6.54 Å². The summed E-state index contributed by atoms with van der Waals surface area (Å²) in [7, 11) is 1.98. The van der Waals surface area contributed by atoms with Gasteiger partial charge in [0.25, 0.3) is 6.47 Å². The fraction of sp³-hybridized carbons (Fsp3) is 0.364. The zero-order valence-electron chi connectivity index (χ0n) is 8.56. The second kappa shape index (κ2) is 5.27. The van der Waals surface area contributed by atoms with Gasteiger partial charge in [-0.3, -0.25) is 4.79 Å². The van der Waals surface area contributed by atoms with Crippen molar-refractivity contribution in [3.05, 3.63) is 29.8 Å². The minimum atomic E-state index is 0.425. The number of benzene rings is 1. The monoisotopic (exact) mass is 193 g/mol. The lowest BCUT2D eigenvalue weighted by Gasteiger charge is -2.18. The second-order valence-electron chi connectivity index (χ2n) is 3.23. The maximum Gasteiger partial charge on any atom is 0.293 e. The molecule has 1 aromatic rings. The van der Waals surface area contributed by atoms with Crippen LogP contribution < -0.4 is 4.90 Å². The van der Waals surface area contributed by atoms with E-state index in [1.807, 2.05) is 19.2 Å². The van der Waals surface area contributed by atoms with E-state index in [-0.39, 0.29) is 0 Å². The van der Waals surface area contributed by atoms with Crippen molar-refractivity contribution in [3.8, 4) is 0 Å². The summed E-state index contributed by atoms with van der Waals surface area (Å²) in [4.78, 5) is 12.0. The third-order valence-electron chi connectivity index (χ3n) is 2.06. The van der Waals surface area contributed by atoms with E-state index in [9.17, 15) is 4.79 Å². The summed E-state index contributed by atoms with van der Waals surface area (Å²) in [6.45, 7) is 3.67. The van der Waals surface area contributed by atoms with Crippen molar-refractivity contribution in [2.75, 3.05) is 25.1 Å². The van der Waals surface area contributed by atoms with Crippen molar-refractivity contribution in [2.24, 2.45) is 0 Å². The molecule has 0 atom stereocenters. The van der Waals surface area contributed by atoms with Gasteiger partial charge in [0.2, 0.25) is 0 Å². The topological polar surface area (TPSA) is 29.5 Å². The first-order chi connectivity index (χ1) is 6.74. The van der Waals surface area contributed by atoms with Crippen molar-refractivity contribution in [1.82, 2.24) is 0 Å². The molecular formula is C11H15NO2. The lowest BCUT2D eigenvalue weighted by molar-refractivity contribution is -0.128. The van der Waals surface area contributed by atoms with Crippen molar-refractivity contribution in [1.29, 1.82) is 0 Å². The second-order valence-corrected chi connectivity index (χ2v) is 3.23. The molecule has 1 rings (SSSR count). The van der Waals surface area contributed by atoms with Gasteiger partial charge in [-0.1, -0.05) is 12.1 Å². The van der Waals surface area contributed by atoms with Crippen LogP contribution in [0, 0.1) is 6.92 Å². The highest BCUT2D eigenvalue weighted by Gasteiger charge is 1.99. The minimum Gasteiger partial charge on any atom is -0.466 e. The van der Waals surface area contributed by atoms with Gasteiger partial charge in [0, 0.05) is 12.7 Å². The van der Waals surface area contributed by atoms with Gasteiger partial charge in [-0.05, 0) is 24.6 Å². The molecule has 0 aliphatic carbocycles. The summed E-state index contributed by atoms with van der Waals surface area (Å²) in [5.74, 6) is 0. The predicted octanol–water partition coefficient (Wildman–Crippen LogP) is 1.60. The average molecular weight is 193 g/mol. The Labute approximate surface area is 84.3 Å². The van der Waals surface area contributed by atoms with E-state index in [2.05, 4.69) is 28.7 Å². The van der Waals surface area contributed by atoms with Crippen LogP contribution in [0.3, 0.4) is 0 Å². The van der Waals surface area contributed by atoms with Crippen LogP contribution in [0.1, 0.15) is 5.56 Å². The standard InChI is InChI=1S/C11H15NO2/c1-10-4-3-5-11(8-10)12(2)6-7-14-9-13/h3-5,8-9H,6-7H2,1-2H3. The van der Waals surface area contributed by atoms with Crippen LogP contribution in [0.25, 0.3) is 0 Å². The summed E-state index contributed by atoms with van der Waals surface area (Å²) in [6, 6.07) is 8.20. The first-order valence-electron chi connectivity index (χ1n) is 4.57. The number of rotatable bonds is 5. The van der Waals surface area contributed by atoms with Gasteiger partial charge in [-0.15, -0.1) is 0 Å². The number of ether oxygens (including phenoxy) is 1. The third-order valence-corrected chi connectivity index (χ3v) is 2.06. The third kappa shape index (κ3) is 3.09. The molecule has 0 amide bonds. The largest absolute Gasteiger partial charge is 0.466 e.